The van der Waals surface area contributed by atoms with Gasteiger partial charge in [-0.2, -0.15) is 4.31 Å². The van der Waals surface area contributed by atoms with Gasteiger partial charge in [-0.1, -0.05) is 36.4 Å². The van der Waals surface area contributed by atoms with Crippen molar-refractivity contribution in [2.75, 3.05) is 13.1 Å². The van der Waals surface area contributed by atoms with Crippen molar-refractivity contribution in [2.24, 2.45) is 0 Å². The molecule has 1 fully saturated rings. The number of sulfone groups is 1. The maximum absolute atomic E-state index is 13.0. The molecule has 2 atom stereocenters. The van der Waals surface area contributed by atoms with Crippen molar-refractivity contribution in [1.29, 1.82) is 0 Å². The first-order valence-corrected chi connectivity index (χ1v) is 14.4. The zero-order valence-electron chi connectivity index (χ0n) is 20.3. The van der Waals surface area contributed by atoms with Crippen molar-refractivity contribution in [1.82, 2.24) is 4.31 Å². The van der Waals surface area contributed by atoms with E-state index in [1.807, 2.05) is 13.8 Å². The fourth-order valence-electron chi connectivity index (χ4n) is 3.77. The number of carbonyl (C=O) groups excluding carboxylic acids is 1. The fourth-order valence-corrected chi connectivity index (χ4v) is 6.42. The van der Waals surface area contributed by atoms with Gasteiger partial charge in [-0.25, -0.2) is 16.8 Å². The van der Waals surface area contributed by atoms with Gasteiger partial charge in [0.05, 0.1) is 27.6 Å². The highest BCUT2D eigenvalue weighted by molar-refractivity contribution is 7.92. The molecule has 0 amide bonds. The average Bonchev–Trinajstić information content (AvgIpc) is 2.73. The molecule has 186 valence electrons. The molecule has 1 saturated heterocycles. The maximum Gasteiger partial charge on any atom is 0.243 e. The lowest BCUT2D eigenvalue weighted by atomic mass is 10.0. The molecule has 0 aromatic heterocycles. The van der Waals surface area contributed by atoms with Crippen LogP contribution in [0.1, 0.15) is 56.1 Å². The Morgan fingerprint density at radius 3 is 1.88 bits per heavy atom. The quantitative estimate of drug-likeness (QED) is 0.531. The smallest absolute Gasteiger partial charge is 0.243 e. The first-order valence-electron chi connectivity index (χ1n) is 11.3. The molecule has 0 spiro atoms. The van der Waals surface area contributed by atoms with Gasteiger partial charge in [0.1, 0.15) is 0 Å². The lowest BCUT2D eigenvalue weighted by Gasteiger charge is -2.34. The van der Waals surface area contributed by atoms with E-state index in [-0.39, 0.29) is 35.1 Å². The van der Waals surface area contributed by atoms with Gasteiger partial charge in [0.2, 0.25) is 10.0 Å². The molecule has 0 N–H and O–H groups in total. The van der Waals surface area contributed by atoms with Gasteiger partial charge in [0.15, 0.2) is 15.6 Å². The van der Waals surface area contributed by atoms with Gasteiger partial charge in [-0.15, -0.1) is 0 Å². The number of ketones is 1. The number of benzene rings is 2. The summed E-state index contributed by atoms with van der Waals surface area (Å²) in [6, 6.07) is 13.0. The second kappa shape index (κ2) is 9.89. The summed E-state index contributed by atoms with van der Waals surface area (Å²) < 4.78 is 57.0. The van der Waals surface area contributed by atoms with Crippen LogP contribution in [0.2, 0.25) is 0 Å². The summed E-state index contributed by atoms with van der Waals surface area (Å²) in [6.45, 7) is 9.31. The Bertz CT molecular complexity index is 1220. The number of morpholine rings is 1. The number of nitrogens with zero attached hydrogens (tertiary/aromatic N) is 1. The van der Waals surface area contributed by atoms with E-state index in [1.54, 1.807) is 57.2 Å². The summed E-state index contributed by atoms with van der Waals surface area (Å²) in [7, 11) is -6.94. The summed E-state index contributed by atoms with van der Waals surface area (Å²) >= 11 is 0. The van der Waals surface area contributed by atoms with Crippen LogP contribution in [0.3, 0.4) is 0 Å². The molecule has 2 aromatic rings. The molecule has 0 aliphatic carbocycles. The lowest BCUT2D eigenvalue weighted by molar-refractivity contribution is -0.0440. The molecule has 34 heavy (non-hydrogen) atoms. The second-order valence-corrected chi connectivity index (χ2v) is 14.6. The third kappa shape index (κ3) is 6.13. The van der Waals surface area contributed by atoms with Crippen LogP contribution in [0, 0.1) is 0 Å². The normalized spacial score (nSPS) is 20.3. The molecule has 0 radical (unpaired) electrons. The maximum atomic E-state index is 13.0. The van der Waals surface area contributed by atoms with E-state index in [9.17, 15) is 21.6 Å². The number of hydrogen-bond donors (Lipinski definition) is 0. The molecule has 1 aliphatic heterocycles. The summed E-state index contributed by atoms with van der Waals surface area (Å²) in [5.74, 6) is -0.210. The topological polar surface area (TPSA) is 97.8 Å². The molecule has 1 heterocycles. The van der Waals surface area contributed by atoms with Gasteiger partial charge in [-0.3, -0.25) is 4.79 Å². The minimum Gasteiger partial charge on any atom is -0.373 e. The molecular weight excluding hydrogens is 474 g/mol. The van der Waals surface area contributed by atoms with Crippen molar-refractivity contribution in [3.8, 4) is 0 Å². The SMILES string of the molecule is C[C@@H]1CN(S(=O)(=O)c2ccc(CC(=O)c3ccc(CS(=O)(=O)C(C)(C)C)cc3)cc2)C[C@H](C)O1. The Morgan fingerprint density at radius 1 is 0.882 bits per heavy atom. The Morgan fingerprint density at radius 2 is 1.38 bits per heavy atom. The van der Waals surface area contributed by atoms with E-state index in [0.717, 1.165) is 0 Å². The van der Waals surface area contributed by atoms with Crippen molar-refractivity contribution in [3.05, 3.63) is 65.2 Å². The molecular formula is C25H33NO6S2. The largest absolute Gasteiger partial charge is 0.373 e. The van der Waals surface area contributed by atoms with E-state index in [0.29, 0.717) is 29.8 Å². The summed E-state index contributed by atoms with van der Waals surface area (Å²) in [6.07, 6.45) is -0.225. The molecule has 0 bridgehead atoms. The van der Waals surface area contributed by atoms with Crippen molar-refractivity contribution < 1.29 is 26.4 Å². The summed E-state index contributed by atoms with van der Waals surface area (Å²) in [4.78, 5) is 12.9. The highest BCUT2D eigenvalue weighted by atomic mass is 32.2. The van der Waals surface area contributed by atoms with Gasteiger partial charge < -0.3 is 4.74 Å². The van der Waals surface area contributed by atoms with E-state index in [4.69, 9.17) is 4.74 Å². The van der Waals surface area contributed by atoms with Crippen LogP contribution in [0.25, 0.3) is 0 Å². The van der Waals surface area contributed by atoms with Gasteiger partial charge >= 0.3 is 0 Å². The first-order chi connectivity index (χ1) is 15.7. The minimum absolute atomic E-state index is 0.0817. The predicted octanol–water partition coefficient (Wildman–Crippen LogP) is 3.62. The number of rotatable bonds is 7. The second-order valence-electron chi connectivity index (χ2n) is 9.89. The Kier molecular flexibility index (Phi) is 7.72. The number of Topliss-reactive ketones (excluding diaryl/α,β-unsaturated/α-hetero) is 1. The van der Waals surface area contributed by atoms with Crippen LogP contribution in [-0.2, 0) is 36.8 Å². The van der Waals surface area contributed by atoms with E-state index >= 15 is 0 Å². The van der Waals surface area contributed by atoms with Crippen molar-refractivity contribution >= 4 is 25.6 Å². The lowest BCUT2D eigenvalue weighted by Crippen LogP contribution is -2.48. The van der Waals surface area contributed by atoms with Crippen molar-refractivity contribution in [3.63, 3.8) is 0 Å². The molecule has 1 aliphatic rings. The van der Waals surface area contributed by atoms with Crippen LogP contribution >= 0.6 is 0 Å². The summed E-state index contributed by atoms with van der Waals surface area (Å²) in [5.41, 5.74) is 1.81. The molecule has 9 heteroatoms. The van der Waals surface area contributed by atoms with E-state index < -0.39 is 24.6 Å². The molecule has 2 aromatic carbocycles. The zero-order chi connectivity index (χ0) is 25.3. The fraction of sp³-hybridized carbons (Fsp3) is 0.480. The van der Waals surface area contributed by atoms with Crippen molar-refractivity contribution in [2.45, 2.75) is 68.6 Å². The Balaban J connectivity index is 1.67. The highest BCUT2D eigenvalue weighted by Gasteiger charge is 2.32. The van der Waals surface area contributed by atoms with Gasteiger partial charge in [0.25, 0.3) is 0 Å². The Labute approximate surface area is 203 Å². The van der Waals surface area contributed by atoms with Crippen LogP contribution in [-0.4, -0.2) is 57.0 Å². The first kappa shape index (κ1) is 26.5. The van der Waals surface area contributed by atoms with Crippen LogP contribution in [0.5, 0.6) is 0 Å². The van der Waals surface area contributed by atoms with Crippen LogP contribution in [0.15, 0.2) is 53.4 Å². The van der Waals surface area contributed by atoms with Crippen LogP contribution in [0.4, 0.5) is 0 Å². The highest BCUT2D eigenvalue weighted by Crippen LogP contribution is 2.23. The van der Waals surface area contributed by atoms with Crippen LogP contribution < -0.4 is 0 Å². The third-order valence-electron chi connectivity index (χ3n) is 5.88. The average molecular weight is 508 g/mol. The number of ether oxygens (including phenoxy) is 1. The Hall–Kier alpha value is -2.07. The molecule has 3 rings (SSSR count). The minimum atomic E-state index is -3.64. The number of sulfonamides is 1. The predicted molar refractivity (Wildman–Crippen MR) is 132 cm³/mol. The molecule has 0 saturated carbocycles. The van der Waals surface area contributed by atoms with E-state index in [1.165, 1.54) is 16.4 Å². The van der Waals surface area contributed by atoms with E-state index in [2.05, 4.69) is 0 Å². The number of hydrogen-bond acceptors (Lipinski definition) is 6. The van der Waals surface area contributed by atoms with Gasteiger partial charge in [0, 0.05) is 25.1 Å². The zero-order valence-corrected chi connectivity index (χ0v) is 21.9. The number of carbonyl (C=O) groups is 1. The standard InChI is InChI=1S/C25H33NO6S2/c1-18-15-26(16-19(2)32-18)34(30,31)23-12-8-20(9-13-23)14-24(27)22-10-6-21(7-11-22)17-33(28,29)25(3,4)5/h6-13,18-19H,14-17H2,1-5H3/t18-,19+. The van der Waals surface area contributed by atoms with Gasteiger partial charge in [-0.05, 0) is 57.9 Å². The third-order valence-corrected chi connectivity index (χ3v) is 10.3. The monoisotopic (exact) mass is 507 g/mol. The molecule has 7 nitrogen and oxygen atoms in total. The summed E-state index contributed by atoms with van der Waals surface area (Å²) in [5, 5.41) is 0. The molecule has 0 unspecified atom stereocenters.